The molecule has 0 radical (unpaired) electrons. The van der Waals surface area contributed by atoms with E-state index in [1.165, 1.54) is 19.1 Å². The lowest BCUT2D eigenvalue weighted by molar-refractivity contribution is -0.140. The van der Waals surface area contributed by atoms with Crippen molar-refractivity contribution in [2.75, 3.05) is 13.1 Å². The number of hydrogen-bond donors (Lipinski definition) is 2. The SMILES string of the molecule is CCc1cc(F)cc(C)c1C(=O)NC(CC1CCN(C(C)=O)CC1)C(=O)O. The number of benzene rings is 1. The van der Waals surface area contributed by atoms with Gasteiger partial charge in [0.1, 0.15) is 11.9 Å². The summed E-state index contributed by atoms with van der Waals surface area (Å²) in [6.07, 6.45) is 2.22. The van der Waals surface area contributed by atoms with Crippen LogP contribution in [0.4, 0.5) is 4.39 Å². The molecule has 1 aromatic rings. The molecule has 1 saturated heterocycles. The summed E-state index contributed by atoms with van der Waals surface area (Å²) in [5.41, 5.74) is 1.39. The maximum atomic E-state index is 13.6. The van der Waals surface area contributed by atoms with Gasteiger partial charge in [0.2, 0.25) is 5.91 Å². The van der Waals surface area contributed by atoms with Gasteiger partial charge in [0, 0.05) is 25.6 Å². The molecule has 27 heavy (non-hydrogen) atoms. The zero-order valence-corrected chi connectivity index (χ0v) is 16.0. The predicted molar refractivity (Wildman–Crippen MR) is 99.0 cm³/mol. The Labute approximate surface area is 158 Å². The molecule has 1 unspecified atom stereocenters. The molecule has 0 saturated carbocycles. The van der Waals surface area contributed by atoms with E-state index < -0.39 is 23.7 Å². The summed E-state index contributed by atoms with van der Waals surface area (Å²) < 4.78 is 13.6. The van der Waals surface area contributed by atoms with Crippen molar-refractivity contribution < 1.29 is 23.9 Å². The Hall–Kier alpha value is -2.44. The summed E-state index contributed by atoms with van der Waals surface area (Å²) in [4.78, 5) is 37.5. The van der Waals surface area contributed by atoms with Gasteiger partial charge in [-0.25, -0.2) is 9.18 Å². The molecule has 1 aliphatic heterocycles. The van der Waals surface area contributed by atoms with E-state index in [0.717, 1.165) is 12.8 Å². The first-order valence-electron chi connectivity index (χ1n) is 9.31. The van der Waals surface area contributed by atoms with Crippen molar-refractivity contribution in [3.05, 3.63) is 34.6 Å². The zero-order valence-electron chi connectivity index (χ0n) is 16.0. The van der Waals surface area contributed by atoms with Crippen LogP contribution in [0.5, 0.6) is 0 Å². The van der Waals surface area contributed by atoms with E-state index in [1.807, 2.05) is 6.92 Å². The third kappa shape index (κ3) is 5.28. The van der Waals surface area contributed by atoms with Gasteiger partial charge in [-0.3, -0.25) is 9.59 Å². The second-order valence-corrected chi connectivity index (χ2v) is 7.16. The number of rotatable bonds is 6. The predicted octanol–water partition coefficient (Wildman–Crippen LogP) is 2.53. The van der Waals surface area contributed by atoms with Gasteiger partial charge < -0.3 is 15.3 Å². The van der Waals surface area contributed by atoms with Gasteiger partial charge >= 0.3 is 5.97 Å². The first kappa shape index (κ1) is 20.9. The number of nitrogens with zero attached hydrogens (tertiary/aromatic N) is 1. The van der Waals surface area contributed by atoms with Crippen LogP contribution in [0.3, 0.4) is 0 Å². The number of carbonyl (C=O) groups excluding carboxylic acids is 2. The molecule has 2 N–H and O–H groups in total. The number of amides is 2. The second-order valence-electron chi connectivity index (χ2n) is 7.16. The van der Waals surface area contributed by atoms with Crippen LogP contribution in [-0.2, 0) is 16.0 Å². The number of aryl methyl sites for hydroxylation is 2. The van der Waals surface area contributed by atoms with Crippen molar-refractivity contribution >= 4 is 17.8 Å². The lowest BCUT2D eigenvalue weighted by Crippen LogP contribution is -2.44. The van der Waals surface area contributed by atoms with Crippen molar-refractivity contribution in [1.29, 1.82) is 0 Å². The van der Waals surface area contributed by atoms with Crippen molar-refractivity contribution in [2.45, 2.75) is 52.5 Å². The minimum atomic E-state index is -1.09. The van der Waals surface area contributed by atoms with E-state index >= 15 is 0 Å². The molecule has 2 rings (SSSR count). The van der Waals surface area contributed by atoms with Crippen LogP contribution >= 0.6 is 0 Å². The standard InChI is InChI=1S/C20H27FN2O4/c1-4-15-11-16(21)9-12(2)18(15)19(25)22-17(20(26)27)10-14-5-7-23(8-6-14)13(3)24/h9,11,14,17H,4-8,10H2,1-3H3,(H,22,25)(H,26,27). The van der Waals surface area contributed by atoms with Gasteiger partial charge in [-0.05, 0) is 61.8 Å². The fraction of sp³-hybridized carbons (Fsp3) is 0.550. The van der Waals surface area contributed by atoms with E-state index in [-0.39, 0.29) is 11.8 Å². The number of halogens is 1. The van der Waals surface area contributed by atoms with Crippen molar-refractivity contribution in [3.63, 3.8) is 0 Å². The van der Waals surface area contributed by atoms with Gasteiger partial charge in [-0.1, -0.05) is 6.92 Å². The van der Waals surface area contributed by atoms with Crippen LogP contribution in [0.2, 0.25) is 0 Å². The van der Waals surface area contributed by atoms with Gasteiger partial charge in [-0.15, -0.1) is 0 Å². The number of carboxylic acid groups (broad SMARTS) is 1. The first-order valence-corrected chi connectivity index (χ1v) is 9.31. The highest BCUT2D eigenvalue weighted by Crippen LogP contribution is 2.23. The smallest absolute Gasteiger partial charge is 0.326 e. The van der Waals surface area contributed by atoms with E-state index in [1.54, 1.807) is 11.8 Å². The summed E-state index contributed by atoms with van der Waals surface area (Å²) >= 11 is 0. The van der Waals surface area contributed by atoms with E-state index in [9.17, 15) is 23.9 Å². The normalized spacial score (nSPS) is 16.1. The molecule has 0 aliphatic carbocycles. The Bertz CT molecular complexity index is 727. The van der Waals surface area contributed by atoms with E-state index in [0.29, 0.717) is 42.6 Å². The average Bonchev–Trinajstić information content (AvgIpc) is 2.60. The van der Waals surface area contributed by atoms with Crippen molar-refractivity contribution in [2.24, 2.45) is 5.92 Å². The van der Waals surface area contributed by atoms with Crippen LogP contribution in [0, 0.1) is 18.7 Å². The number of nitrogens with one attached hydrogen (secondary N) is 1. The zero-order chi connectivity index (χ0) is 20.1. The Balaban J connectivity index is 2.08. The van der Waals surface area contributed by atoms with Crippen molar-refractivity contribution in [1.82, 2.24) is 10.2 Å². The third-order valence-corrected chi connectivity index (χ3v) is 5.22. The molecule has 0 bridgehead atoms. The summed E-state index contributed by atoms with van der Waals surface area (Å²) in [6.45, 7) is 6.21. The molecule has 2 amide bonds. The number of hydrogen-bond acceptors (Lipinski definition) is 3. The lowest BCUT2D eigenvalue weighted by atomic mass is 9.89. The van der Waals surface area contributed by atoms with Crippen LogP contribution < -0.4 is 5.32 Å². The van der Waals surface area contributed by atoms with Crippen LogP contribution in [0.25, 0.3) is 0 Å². The Kier molecular flexibility index (Phi) is 6.93. The summed E-state index contributed by atoms with van der Waals surface area (Å²) in [5, 5.41) is 12.1. The topological polar surface area (TPSA) is 86.7 Å². The number of likely N-dealkylation sites (tertiary alicyclic amines) is 1. The maximum Gasteiger partial charge on any atom is 0.326 e. The summed E-state index contributed by atoms with van der Waals surface area (Å²) in [7, 11) is 0. The molecule has 1 atom stereocenters. The number of carbonyl (C=O) groups is 3. The highest BCUT2D eigenvalue weighted by Gasteiger charge is 2.29. The Morgan fingerprint density at radius 3 is 2.44 bits per heavy atom. The van der Waals surface area contributed by atoms with Gasteiger partial charge in [0.25, 0.3) is 5.91 Å². The lowest BCUT2D eigenvalue weighted by Gasteiger charge is -2.32. The molecule has 1 aliphatic rings. The highest BCUT2D eigenvalue weighted by molar-refractivity contribution is 5.99. The van der Waals surface area contributed by atoms with Gasteiger partial charge in [0.15, 0.2) is 0 Å². The number of carboxylic acids is 1. The van der Waals surface area contributed by atoms with Crippen LogP contribution in [0.15, 0.2) is 12.1 Å². The molecule has 0 spiro atoms. The molecule has 1 heterocycles. The molecule has 148 valence electrons. The number of piperidine rings is 1. The summed E-state index contributed by atoms with van der Waals surface area (Å²) in [6, 6.07) is 1.58. The van der Waals surface area contributed by atoms with Crippen LogP contribution in [-0.4, -0.2) is 46.9 Å². The minimum Gasteiger partial charge on any atom is -0.480 e. The minimum absolute atomic E-state index is 0.0235. The third-order valence-electron chi connectivity index (χ3n) is 5.22. The average molecular weight is 378 g/mol. The largest absolute Gasteiger partial charge is 0.480 e. The molecule has 1 fully saturated rings. The Morgan fingerprint density at radius 1 is 1.30 bits per heavy atom. The highest BCUT2D eigenvalue weighted by atomic mass is 19.1. The molecular weight excluding hydrogens is 351 g/mol. The molecular formula is C20H27FN2O4. The van der Waals surface area contributed by atoms with Gasteiger partial charge in [0.05, 0.1) is 0 Å². The fourth-order valence-corrected chi connectivity index (χ4v) is 3.69. The van der Waals surface area contributed by atoms with E-state index in [4.69, 9.17) is 0 Å². The Morgan fingerprint density at radius 2 is 1.93 bits per heavy atom. The molecule has 7 heteroatoms. The monoisotopic (exact) mass is 378 g/mol. The van der Waals surface area contributed by atoms with E-state index in [2.05, 4.69) is 5.32 Å². The quantitative estimate of drug-likeness (QED) is 0.796. The molecule has 6 nitrogen and oxygen atoms in total. The number of aliphatic carboxylic acids is 1. The second kappa shape index (κ2) is 8.97. The van der Waals surface area contributed by atoms with Gasteiger partial charge in [-0.2, -0.15) is 0 Å². The van der Waals surface area contributed by atoms with Crippen LogP contribution in [0.1, 0.15) is 54.6 Å². The van der Waals surface area contributed by atoms with Crippen molar-refractivity contribution in [3.8, 4) is 0 Å². The summed E-state index contributed by atoms with van der Waals surface area (Å²) in [5.74, 6) is -1.83. The fourth-order valence-electron chi connectivity index (χ4n) is 3.69. The molecule has 0 aromatic heterocycles. The molecule has 1 aromatic carbocycles. The first-order chi connectivity index (χ1) is 12.7. The maximum absolute atomic E-state index is 13.6.